The molecule has 0 aliphatic carbocycles. The fraction of sp³-hybridized carbons (Fsp3) is 0.0909. The number of fused-ring (bicyclic) bond motifs is 1. The molecule has 0 amide bonds. The van der Waals surface area contributed by atoms with Gasteiger partial charge < -0.3 is 10.4 Å². The quantitative estimate of drug-likeness (QED) is 0.475. The summed E-state index contributed by atoms with van der Waals surface area (Å²) in [6.07, 6.45) is -1.42. The van der Waals surface area contributed by atoms with Gasteiger partial charge in [0.25, 0.3) is 0 Å². The second-order valence-corrected chi connectivity index (χ2v) is 6.45. The van der Waals surface area contributed by atoms with Crippen LogP contribution in [0.1, 0.15) is 22.9 Å². The van der Waals surface area contributed by atoms with Crippen molar-refractivity contribution in [3.05, 3.63) is 95.9 Å². The van der Waals surface area contributed by atoms with Crippen LogP contribution in [0.5, 0.6) is 5.75 Å². The highest BCUT2D eigenvalue weighted by atomic mass is 19.4. The third kappa shape index (κ3) is 3.71. The van der Waals surface area contributed by atoms with Crippen molar-refractivity contribution in [1.82, 2.24) is 9.97 Å². The number of pyridine rings is 2. The van der Waals surface area contributed by atoms with Gasteiger partial charge in [-0.05, 0) is 30.3 Å². The molecule has 0 radical (unpaired) electrons. The lowest BCUT2D eigenvalue weighted by molar-refractivity contribution is -0.137. The predicted molar refractivity (Wildman–Crippen MR) is 105 cm³/mol. The fourth-order valence-electron chi connectivity index (χ4n) is 3.25. The molecule has 0 aliphatic rings. The first-order valence-electron chi connectivity index (χ1n) is 8.85. The summed E-state index contributed by atoms with van der Waals surface area (Å²) in [5.41, 5.74) is 0.328. The molecule has 2 aromatic carbocycles. The fourth-order valence-corrected chi connectivity index (χ4v) is 3.25. The highest BCUT2D eigenvalue weighted by molar-refractivity contribution is 5.86. The molecule has 2 heterocycles. The zero-order valence-electron chi connectivity index (χ0n) is 15.1. The van der Waals surface area contributed by atoms with Crippen LogP contribution in [-0.4, -0.2) is 15.1 Å². The lowest BCUT2D eigenvalue weighted by atomic mass is 9.98. The van der Waals surface area contributed by atoms with Crippen molar-refractivity contribution in [2.45, 2.75) is 12.2 Å². The number of phenols is 1. The SMILES string of the molecule is Oc1c([C@H](Nc2ccccc2C(F)(F)F)c2ccccn2)ccc2cccnc12. The molecule has 0 saturated heterocycles. The molecule has 29 heavy (non-hydrogen) atoms. The Labute approximate surface area is 164 Å². The average Bonchev–Trinajstić information content (AvgIpc) is 2.73. The molecule has 4 nitrogen and oxygen atoms in total. The van der Waals surface area contributed by atoms with E-state index in [1.54, 1.807) is 54.9 Å². The summed E-state index contributed by atoms with van der Waals surface area (Å²) in [5, 5.41) is 14.5. The Hall–Kier alpha value is -3.61. The number of hydrogen-bond acceptors (Lipinski definition) is 4. The van der Waals surface area contributed by atoms with Gasteiger partial charge in [-0.3, -0.25) is 9.97 Å². The first-order valence-corrected chi connectivity index (χ1v) is 8.85. The maximum absolute atomic E-state index is 13.5. The van der Waals surface area contributed by atoms with E-state index in [2.05, 4.69) is 15.3 Å². The van der Waals surface area contributed by atoms with Crippen LogP contribution in [0.3, 0.4) is 0 Å². The largest absolute Gasteiger partial charge is 0.505 e. The molecule has 1 atom stereocenters. The maximum atomic E-state index is 13.5. The number of rotatable bonds is 4. The number of hydrogen-bond donors (Lipinski definition) is 2. The van der Waals surface area contributed by atoms with Gasteiger partial charge in [-0.2, -0.15) is 13.2 Å². The standard InChI is InChI=1S/C22H16F3N3O/c23-22(24,25)16-7-1-2-8-17(16)28-20(18-9-3-4-12-26-18)15-11-10-14-6-5-13-27-19(14)21(15)29/h1-13,20,28-29H/t20-/m0/s1. The zero-order valence-corrected chi connectivity index (χ0v) is 15.1. The zero-order chi connectivity index (χ0) is 20.4. The lowest BCUT2D eigenvalue weighted by Gasteiger charge is -2.23. The van der Waals surface area contributed by atoms with E-state index in [0.717, 1.165) is 11.5 Å². The number of phenolic OH excluding ortho intramolecular Hbond substituents is 1. The number of alkyl halides is 3. The number of nitrogens with zero attached hydrogens (tertiary/aromatic N) is 2. The van der Waals surface area contributed by atoms with Gasteiger partial charge in [0.1, 0.15) is 11.3 Å². The first kappa shape index (κ1) is 18.7. The van der Waals surface area contributed by atoms with Gasteiger partial charge in [0.2, 0.25) is 0 Å². The summed E-state index contributed by atoms with van der Waals surface area (Å²) in [7, 11) is 0. The highest BCUT2D eigenvalue weighted by Crippen LogP contribution is 2.39. The van der Waals surface area contributed by atoms with Crippen molar-refractivity contribution in [1.29, 1.82) is 0 Å². The molecule has 4 aromatic rings. The van der Waals surface area contributed by atoms with Crippen LogP contribution in [0.25, 0.3) is 10.9 Å². The monoisotopic (exact) mass is 395 g/mol. The number of aromatic nitrogens is 2. The summed E-state index contributed by atoms with van der Waals surface area (Å²) in [5.74, 6) is -0.101. The van der Waals surface area contributed by atoms with Crippen LogP contribution in [0, 0.1) is 0 Å². The van der Waals surface area contributed by atoms with Gasteiger partial charge >= 0.3 is 6.18 Å². The van der Waals surface area contributed by atoms with Crippen LogP contribution < -0.4 is 5.32 Å². The van der Waals surface area contributed by atoms with Gasteiger partial charge in [-0.15, -0.1) is 0 Å². The topological polar surface area (TPSA) is 58.0 Å². The lowest BCUT2D eigenvalue weighted by Crippen LogP contribution is -2.17. The first-order chi connectivity index (χ1) is 13.9. The van der Waals surface area contributed by atoms with E-state index in [4.69, 9.17) is 0 Å². The number of anilines is 1. The summed E-state index contributed by atoms with van der Waals surface area (Å²) in [6.45, 7) is 0. The van der Waals surface area contributed by atoms with Crippen molar-refractivity contribution in [2.24, 2.45) is 0 Å². The predicted octanol–water partition coefficient (Wildman–Crippen LogP) is 5.56. The molecule has 0 saturated carbocycles. The van der Waals surface area contributed by atoms with E-state index in [1.807, 2.05) is 0 Å². The Balaban J connectivity index is 1.86. The van der Waals surface area contributed by atoms with Crippen molar-refractivity contribution >= 4 is 16.6 Å². The van der Waals surface area contributed by atoms with E-state index in [0.29, 0.717) is 16.8 Å². The minimum Gasteiger partial charge on any atom is -0.505 e. The highest BCUT2D eigenvalue weighted by Gasteiger charge is 2.34. The van der Waals surface area contributed by atoms with Gasteiger partial charge in [0.05, 0.1) is 17.3 Å². The molecule has 0 unspecified atom stereocenters. The summed E-state index contributed by atoms with van der Waals surface area (Å²) in [6, 6.07) is 16.5. The van der Waals surface area contributed by atoms with E-state index >= 15 is 0 Å². The Bertz CT molecular complexity index is 1150. The van der Waals surface area contributed by atoms with Crippen LogP contribution in [-0.2, 0) is 6.18 Å². The van der Waals surface area contributed by atoms with Gasteiger partial charge in [0.15, 0.2) is 0 Å². The molecular weight excluding hydrogens is 379 g/mol. The Morgan fingerprint density at radius 1 is 0.828 bits per heavy atom. The molecule has 146 valence electrons. The normalized spacial score (nSPS) is 12.7. The summed E-state index contributed by atoms with van der Waals surface area (Å²) in [4.78, 5) is 8.49. The smallest absolute Gasteiger partial charge is 0.418 e. The van der Waals surface area contributed by atoms with Crippen LogP contribution in [0.15, 0.2) is 79.1 Å². The molecule has 2 N–H and O–H groups in total. The summed E-state index contributed by atoms with van der Waals surface area (Å²) >= 11 is 0. The van der Waals surface area contributed by atoms with Crippen LogP contribution >= 0.6 is 0 Å². The number of nitrogens with one attached hydrogen (secondary N) is 1. The molecule has 7 heteroatoms. The third-order valence-corrected chi connectivity index (χ3v) is 4.61. The van der Waals surface area contributed by atoms with Crippen molar-refractivity contribution in [3.8, 4) is 5.75 Å². The maximum Gasteiger partial charge on any atom is 0.418 e. The van der Waals surface area contributed by atoms with Gasteiger partial charge in [-0.1, -0.05) is 36.4 Å². The summed E-state index contributed by atoms with van der Waals surface area (Å²) < 4.78 is 40.4. The number of benzene rings is 2. The average molecular weight is 395 g/mol. The minimum atomic E-state index is -4.52. The van der Waals surface area contributed by atoms with Crippen molar-refractivity contribution in [2.75, 3.05) is 5.32 Å². The molecule has 0 aliphatic heterocycles. The van der Waals surface area contributed by atoms with E-state index in [-0.39, 0.29) is 11.4 Å². The second kappa shape index (κ2) is 7.43. The minimum absolute atomic E-state index is 0.101. The molecular formula is C22H16F3N3O. The number of para-hydroxylation sites is 1. The third-order valence-electron chi connectivity index (χ3n) is 4.61. The molecule has 0 spiro atoms. The van der Waals surface area contributed by atoms with Crippen molar-refractivity contribution < 1.29 is 18.3 Å². The molecule has 0 bridgehead atoms. The Kier molecular flexibility index (Phi) is 4.80. The van der Waals surface area contributed by atoms with Crippen LogP contribution in [0.4, 0.5) is 18.9 Å². The number of halogens is 3. The van der Waals surface area contributed by atoms with Gasteiger partial charge in [0, 0.05) is 29.0 Å². The Morgan fingerprint density at radius 2 is 1.59 bits per heavy atom. The van der Waals surface area contributed by atoms with Gasteiger partial charge in [-0.25, -0.2) is 0 Å². The second-order valence-electron chi connectivity index (χ2n) is 6.45. The molecule has 4 rings (SSSR count). The van der Waals surface area contributed by atoms with Crippen molar-refractivity contribution in [3.63, 3.8) is 0 Å². The molecule has 0 fully saturated rings. The van der Waals surface area contributed by atoms with E-state index < -0.39 is 17.8 Å². The van der Waals surface area contributed by atoms with E-state index in [1.165, 1.54) is 18.2 Å². The van der Waals surface area contributed by atoms with E-state index in [9.17, 15) is 18.3 Å². The molecule has 2 aromatic heterocycles. The van der Waals surface area contributed by atoms with Crippen LogP contribution in [0.2, 0.25) is 0 Å². The Morgan fingerprint density at radius 3 is 2.34 bits per heavy atom. The number of aromatic hydroxyl groups is 1.